The van der Waals surface area contributed by atoms with Crippen LogP contribution in [0.1, 0.15) is 24.8 Å². The zero-order chi connectivity index (χ0) is 19.9. The van der Waals surface area contributed by atoms with Crippen LogP contribution in [0.25, 0.3) is 0 Å². The lowest BCUT2D eigenvalue weighted by molar-refractivity contribution is -0.138. The van der Waals surface area contributed by atoms with Crippen molar-refractivity contribution >= 4 is 19.9 Å². The van der Waals surface area contributed by atoms with E-state index >= 15 is 0 Å². The molecule has 1 fully saturated rings. The molecule has 0 saturated carbocycles. The summed E-state index contributed by atoms with van der Waals surface area (Å²) in [6.45, 7) is 8.06. The number of hydrogen-bond donors (Lipinski definition) is 1. The van der Waals surface area contributed by atoms with Crippen molar-refractivity contribution in [1.82, 2.24) is 10.2 Å². The Morgan fingerprint density at radius 3 is 2.56 bits per heavy atom. The van der Waals surface area contributed by atoms with Gasteiger partial charge in [0.2, 0.25) is 11.8 Å². The largest absolute Gasteiger partial charge is 0.497 e. The number of piperidine rings is 1. The number of nitrogens with one attached hydrogen (secondary N) is 1. The van der Waals surface area contributed by atoms with Crippen LogP contribution in [0.2, 0.25) is 25.7 Å². The Kier molecular flexibility index (Phi) is 7.65. The predicted molar refractivity (Wildman–Crippen MR) is 111 cm³/mol. The highest BCUT2D eigenvalue weighted by atomic mass is 28.3. The molecule has 1 aromatic carbocycles. The van der Waals surface area contributed by atoms with Crippen LogP contribution in [0.3, 0.4) is 0 Å². The van der Waals surface area contributed by atoms with Gasteiger partial charge < -0.3 is 15.0 Å². The van der Waals surface area contributed by atoms with Gasteiger partial charge in [-0.3, -0.25) is 9.59 Å². The lowest BCUT2D eigenvalue weighted by Crippen LogP contribution is -2.50. The fraction of sp³-hybridized carbons (Fsp3) is 0.524. The van der Waals surface area contributed by atoms with Gasteiger partial charge in [-0.05, 0) is 36.6 Å². The third kappa shape index (κ3) is 7.21. The highest BCUT2D eigenvalue weighted by Crippen LogP contribution is 2.16. The molecule has 1 saturated heterocycles. The smallest absolute Gasteiger partial charge is 0.245 e. The Labute approximate surface area is 163 Å². The van der Waals surface area contributed by atoms with Crippen LogP contribution in [-0.4, -0.2) is 44.5 Å². The van der Waals surface area contributed by atoms with E-state index in [0.29, 0.717) is 25.9 Å². The summed E-state index contributed by atoms with van der Waals surface area (Å²) in [5, 5.41) is 2.85. The maximum Gasteiger partial charge on any atom is 0.245 e. The number of hydrogen-bond acceptors (Lipinski definition) is 3. The van der Waals surface area contributed by atoms with Crippen molar-refractivity contribution < 1.29 is 14.3 Å². The number of rotatable bonds is 8. The third-order valence-electron chi connectivity index (χ3n) is 4.60. The first kappa shape index (κ1) is 21.2. The zero-order valence-corrected chi connectivity index (χ0v) is 18.0. The fourth-order valence-electron chi connectivity index (χ4n) is 3.03. The summed E-state index contributed by atoms with van der Waals surface area (Å²) < 4.78 is 5.20. The van der Waals surface area contributed by atoms with Crippen molar-refractivity contribution in [3.63, 3.8) is 0 Å². The summed E-state index contributed by atoms with van der Waals surface area (Å²) >= 11 is 0. The number of ether oxygens (including phenoxy) is 1. The van der Waals surface area contributed by atoms with Crippen molar-refractivity contribution in [2.24, 2.45) is 0 Å². The van der Waals surface area contributed by atoms with E-state index in [9.17, 15) is 9.59 Å². The molecule has 1 heterocycles. The molecule has 148 valence electrons. The molecular formula is C21H32N2O3Si. The summed E-state index contributed by atoms with van der Waals surface area (Å²) in [6, 6.07) is 8.45. The summed E-state index contributed by atoms with van der Waals surface area (Å²) in [4.78, 5) is 26.6. The molecule has 1 aliphatic heterocycles. The van der Waals surface area contributed by atoms with Gasteiger partial charge in [-0.1, -0.05) is 43.9 Å². The molecule has 2 amide bonds. The lowest BCUT2D eigenvalue weighted by atomic mass is 10.0. The van der Waals surface area contributed by atoms with Gasteiger partial charge in [0.1, 0.15) is 11.8 Å². The first-order valence-corrected chi connectivity index (χ1v) is 13.4. The predicted octanol–water partition coefficient (Wildman–Crippen LogP) is 3.59. The molecule has 1 N–H and O–H groups in total. The number of allylic oxidation sites excluding steroid dienone is 1. The van der Waals surface area contributed by atoms with E-state index in [1.165, 1.54) is 0 Å². The van der Waals surface area contributed by atoms with E-state index in [2.05, 4.69) is 37.1 Å². The van der Waals surface area contributed by atoms with E-state index in [-0.39, 0.29) is 11.8 Å². The van der Waals surface area contributed by atoms with Crippen LogP contribution in [0, 0.1) is 0 Å². The Bertz CT molecular complexity index is 665. The van der Waals surface area contributed by atoms with Gasteiger partial charge in [0.25, 0.3) is 0 Å². The Hall–Kier alpha value is -2.08. The SMILES string of the molecule is COc1ccc(CN(CC=CC[Si](C)(C)C)C(=O)[C@@H]2CCCC(=O)N2)cc1. The standard InChI is InChI=1S/C21H32N2O3Si/c1-26-18-12-10-17(11-13-18)16-23(14-5-6-15-27(2,3)4)21(25)19-8-7-9-20(24)22-19/h5-6,10-13,19H,7-9,14-16H2,1-4H3,(H,22,24)/t19-/m0/s1. The molecule has 0 bridgehead atoms. The van der Waals surface area contributed by atoms with E-state index in [1.54, 1.807) is 7.11 Å². The number of methoxy groups -OCH3 is 1. The second-order valence-electron chi connectivity index (χ2n) is 8.32. The van der Waals surface area contributed by atoms with Crippen LogP contribution in [0.5, 0.6) is 5.75 Å². The quantitative estimate of drug-likeness (QED) is 0.547. The second kappa shape index (κ2) is 9.74. The van der Waals surface area contributed by atoms with Crippen LogP contribution < -0.4 is 10.1 Å². The highest BCUT2D eigenvalue weighted by Gasteiger charge is 2.28. The van der Waals surface area contributed by atoms with Crippen molar-refractivity contribution in [1.29, 1.82) is 0 Å². The number of benzene rings is 1. The molecule has 1 atom stereocenters. The summed E-state index contributed by atoms with van der Waals surface area (Å²) in [5.41, 5.74) is 1.05. The Morgan fingerprint density at radius 1 is 1.26 bits per heavy atom. The van der Waals surface area contributed by atoms with E-state index in [4.69, 9.17) is 4.74 Å². The van der Waals surface area contributed by atoms with E-state index in [1.807, 2.05) is 29.2 Å². The molecule has 6 heteroatoms. The Balaban J connectivity index is 2.08. The minimum absolute atomic E-state index is 0.00322. The van der Waals surface area contributed by atoms with Crippen molar-refractivity contribution in [2.75, 3.05) is 13.7 Å². The third-order valence-corrected chi connectivity index (χ3v) is 6.06. The van der Waals surface area contributed by atoms with Crippen molar-refractivity contribution in [3.05, 3.63) is 42.0 Å². The van der Waals surface area contributed by atoms with E-state index in [0.717, 1.165) is 23.8 Å². The van der Waals surface area contributed by atoms with Crippen molar-refractivity contribution in [3.8, 4) is 5.75 Å². The molecule has 1 aliphatic rings. The molecule has 5 nitrogen and oxygen atoms in total. The average molecular weight is 389 g/mol. The minimum atomic E-state index is -1.14. The van der Waals surface area contributed by atoms with Crippen LogP contribution >= 0.6 is 0 Å². The van der Waals surface area contributed by atoms with Gasteiger partial charge in [0, 0.05) is 27.6 Å². The first-order chi connectivity index (χ1) is 12.8. The highest BCUT2D eigenvalue weighted by molar-refractivity contribution is 6.76. The molecular weight excluding hydrogens is 356 g/mol. The van der Waals surface area contributed by atoms with Crippen LogP contribution in [0.15, 0.2) is 36.4 Å². The summed E-state index contributed by atoms with van der Waals surface area (Å²) in [7, 11) is 0.495. The van der Waals surface area contributed by atoms with Crippen LogP contribution in [-0.2, 0) is 16.1 Å². The lowest BCUT2D eigenvalue weighted by Gasteiger charge is -2.29. The number of amides is 2. The van der Waals surface area contributed by atoms with Gasteiger partial charge in [-0.15, -0.1) is 0 Å². The zero-order valence-electron chi connectivity index (χ0n) is 17.0. The molecule has 0 aliphatic carbocycles. The molecule has 0 spiro atoms. The molecule has 0 radical (unpaired) electrons. The van der Waals surface area contributed by atoms with Gasteiger partial charge in [0.15, 0.2) is 0 Å². The fourth-order valence-corrected chi connectivity index (χ4v) is 3.91. The van der Waals surface area contributed by atoms with E-state index < -0.39 is 14.1 Å². The monoisotopic (exact) mass is 388 g/mol. The minimum Gasteiger partial charge on any atom is -0.497 e. The molecule has 1 aromatic rings. The molecule has 27 heavy (non-hydrogen) atoms. The first-order valence-electron chi connectivity index (χ1n) is 9.64. The van der Waals surface area contributed by atoms with Gasteiger partial charge in [-0.25, -0.2) is 0 Å². The number of carbonyl (C=O) groups is 2. The van der Waals surface area contributed by atoms with Crippen LogP contribution in [0.4, 0.5) is 0 Å². The normalized spacial score (nSPS) is 17.6. The number of carbonyl (C=O) groups excluding carboxylic acids is 2. The summed E-state index contributed by atoms with van der Waals surface area (Å²) in [6.07, 6.45) is 6.27. The van der Waals surface area contributed by atoms with Gasteiger partial charge in [0.05, 0.1) is 7.11 Å². The molecule has 0 aromatic heterocycles. The number of nitrogens with zero attached hydrogens (tertiary/aromatic N) is 1. The second-order valence-corrected chi connectivity index (χ2v) is 13.8. The summed E-state index contributed by atoms with van der Waals surface area (Å²) in [5.74, 6) is 0.765. The topological polar surface area (TPSA) is 58.6 Å². The van der Waals surface area contributed by atoms with Gasteiger partial charge >= 0.3 is 0 Å². The molecule has 0 unspecified atom stereocenters. The molecule has 2 rings (SSSR count). The maximum absolute atomic E-state index is 13.0. The van der Waals surface area contributed by atoms with Crippen molar-refractivity contribution in [2.45, 2.75) is 57.5 Å². The average Bonchev–Trinajstić information content (AvgIpc) is 2.63. The Morgan fingerprint density at radius 2 is 1.96 bits per heavy atom. The van der Waals surface area contributed by atoms with Gasteiger partial charge in [-0.2, -0.15) is 0 Å². The maximum atomic E-state index is 13.0.